The second-order valence-electron chi connectivity index (χ2n) is 9.80. The molecule has 0 saturated heterocycles. The van der Waals surface area contributed by atoms with E-state index in [1.54, 1.807) is 30.0 Å². The van der Waals surface area contributed by atoms with Crippen LogP contribution in [0, 0.1) is 0 Å². The summed E-state index contributed by atoms with van der Waals surface area (Å²) in [6.45, 7) is 0.488. The minimum absolute atomic E-state index is 0.110. The van der Waals surface area contributed by atoms with Gasteiger partial charge in [0.15, 0.2) is 0 Å². The standard InChI is InChI=1S/C30H30Cl2N2O3S/c31-19-10-15-25(26(32)18-19)28-27(29(36)33-16-17-38-22-6-2-1-3-7-22)23-8-4-5-9-24(23)30(37)34(28)20-11-13-21(35)14-12-20/h1-10,15,18,20-21,27-28,35H,11-14,16-17H2,(H,33,36)/t20?,21?,27-,28+/m1/s1. The molecule has 0 spiro atoms. The molecule has 2 amide bonds. The highest BCUT2D eigenvalue weighted by molar-refractivity contribution is 7.99. The number of halogens is 2. The predicted octanol–water partition coefficient (Wildman–Crippen LogP) is 6.49. The molecule has 0 unspecified atom stereocenters. The van der Waals surface area contributed by atoms with Crippen LogP contribution in [0.5, 0.6) is 0 Å². The van der Waals surface area contributed by atoms with Crippen LogP contribution in [-0.4, -0.2) is 46.3 Å². The summed E-state index contributed by atoms with van der Waals surface area (Å²) in [6, 6.07) is 22.0. The number of amides is 2. The van der Waals surface area contributed by atoms with Crippen molar-refractivity contribution >= 4 is 46.8 Å². The molecule has 1 fully saturated rings. The Labute approximate surface area is 237 Å². The van der Waals surface area contributed by atoms with Crippen LogP contribution in [-0.2, 0) is 4.79 Å². The Bertz CT molecular complexity index is 1300. The van der Waals surface area contributed by atoms with Gasteiger partial charge >= 0.3 is 0 Å². The van der Waals surface area contributed by atoms with E-state index in [1.165, 1.54) is 0 Å². The van der Waals surface area contributed by atoms with Gasteiger partial charge in [0.1, 0.15) is 0 Å². The second kappa shape index (κ2) is 12.1. The lowest BCUT2D eigenvalue weighted by atomic mass is 9.77. The van der Waals surface area contributed by atoms with Crippen LogP contribution >= 0.6 is 35.0 Å². The van der Waals surface area contributed by atoms with Gasteiger partial charge in [0.25, 0.3) is 5.91 Å². The van der Waals surface area contributed by atoms with Crippen LogP contribution in [0.3, 0.4) is 0 Å². The van der Waals surface area contributed by atoms with Crippen LogP contribution < -0.4 is 5.32 Å². The minimum Gasteiger partial charge on any atom is -0.393 e. The number of nitrogens with one attached hydrogen (secondary N) is 1. The Balaban J connectivity index is 1.50. The predicted molar refractivity (Wildman–Crippen MR) is 153 cm³/mol. The van der Waals surface area contributed by atoms with Crippen LogP contribution in [0.25, 0.3) is 0 Å². The highest BCUT2D eigenvalue weighted by atomic mass is 35.5. The molecule has 2 N–H and O–H groups in total. The zero-order valence-corrected chi connectivity index (χ0v) is 23.2. The van der Waals surface area contributed by atoms with Crippen molar-refractivity contribution in [3.63, 3.8) is 0 Å². The van der Waals surface area contributed by atoms with Crippen molar-refractivity contribution in [3.8, 4) is 0 Å². The molecule has 2 atom stereocenters. The van der Waals surface area contributed by atoms with Gasteiger partial charge in [0.2, 0.25) is 5.91 Å². The van der Waals surface area contributed by atoms with E-state index < -0.39 is 12.0 Å². The van der Waals surface area contributed by atoms with Gasteiger partial charge < -0.3 is 15.3 Å². The van der Waals surface area contributed by atoms with E-state index in [0.29, 0.717) is 59.0 Å². The van der Waals surface area contributed by atoms with E-state index in [4.69, 9.17) is 23.2 Å². The molecule has 3 aromatic rings. The largest absolute Gasteiger partial charge is 0.393 e. The number of aliphatic hydroxyl groups excluding tert-OH is 1. The van der Waals surface area contributed by atoms with Gasteiger partial charge in [-0.3, -0.25) is 9.59 Å². The van der Waals surface area contributed by atoms with E-state index in [1.807, 2.05) is 59.5 Å². The third kappa shape index (κ3) is 5.74. The summed E-state index contributed by atoms with van der Waals surface area (Å²) in [4.78, 5) is 31.0. The van der Waals surface area contributed by atoms with Gasteiger partial charge in [-0.25, -0.2) is 0 Å². The number of aliphatic hydroxyl groups is 1. The van der Waals surface area contributed by atoms with Crippen LogP contribution in [0.4, 0.5) is 0 Å². The minimum atomic E-state index is -0.642. The summed E-state index contributed by atoms with van der Waals surface area (Å²) in [5.74, 6) is -0.173. The maximum absolute atomic E-state index is 14.0. The van der Waals surface area contributed by atoms with Crippen molar-refractivity contribution in [3.05, 3.63) is 99.5 Å². The molecule has 1 saturated carbocycles. The Hall–Kier alpha value is -2.51. The van der Waals surface area contributed by atoms with Gasteiger partial charge in [0, 0.05) is 38.8 Å². The van der Waals surface area contributed by atoms with Gasteiger partial charge in [-0.1, -0.05) is 65.7 Å². The normalized spacial score (nSPS) is 23.1. The highest BCUT2D eigenvalue weighted by Crippen LogP contribution is 2.47. The van der Waals surface area contributed by atoms with Crippen molar-refractivity contribution in [1.82, 2.24) is 10.2 Å². The number of hydrogen-bond acceptors (Lipinski definition) is 4. The lowest BCUT2D eigenvalue weighted by Gasteiger charge is -2.47. The SMILES string of the molecule is O=C(NCCSc1ccccc1)[C@@H]1c2ccccc2C(=O)N(C2CCC(O)CC2)[C@H]1c1ccc(Cl)cc1Cl. The zero-order valence-electron chi connectivity index (χ0n) is 20.9. The molecule has 1 aliphatic carbocycles. The fourth-order valence-corrected chi connectivity index (χ4v) is 6.92. The first-order valence-electron chi connectivity index (χ1n) is 12.9. The van der Waals surface area contributed by atoms with E-state index in [-0.39, 0.29) is 24.0 Å². The fourth-order valence-electron chi connectivity index (χ4n) is 5.61. The van der Waals surface area contributed by atoms with Crippen molar-refractivity contribution in [2.45, 2.75) is 54.7 Å². The summed E-state index contributed by atoms with van der Waals surface area (Å²) in [6.07, 6.45) is 2.20. The summed E-state index contributed by atoms with van der Waals surface area (Å²) < 4.78 is 0. The molecule has 3 aromatic carbocycles. The number of thioether (sulfide) groups is 1. The summed E-state index contributed by atoms with van der Waals surface area (Å²) in [5, 5.41) is 14.2. The molecule has 0 radical (unpaired) electrons. The van der Waals surface area contributed by atoms with Crippen molar-refractivity contribution in [2.24, 2.45) is 0 Å². The Morgan fingerprint density at radius 2 is 1.66 bits per heavy atom. The number of carbonyl (C=O) groups is 2. The molecule has 5 rings (SSSR count). The van der Waals surface area contributed by atoms with Gasteiger partial charge in [-0.2, -0.15) is 0 Å². The Kier molecular flexibility index (Phi) is 8.64. The average molecular weight is 570 g/mol. The topological polar surface area (TPSA) is 69.6 Å². The number of fused-ring (bicyclic) bond motifs is 1. The molecule has 8 heteroatoms. The smallest absolute Gasteiger partial charge is 0.254 e. The first-order valence-corrected chi connectivity index (χ1v) is 14.7. The second-order valence-corrected chi connectivity index (χ2v) is 11.8. The number of benzene rings is 3. The Morgan fingerprint density at radius 3 is 2.39 bits per heavy atom. The third-order valence-electron chi connectivity index (χ3n) is 7.41. The number of carbonyl (C=O) groups excluding carboxylic acids is 2. The van der Waals surface area contributed by atoms with Crippen molar-refractivity contribution in [2.75, 3.05) is 12.3 Å². The van der Waals surface area contributed by atoms with Gasteiger partial charge in [-0.05, 0) is 67.1 Å². The molecule has 198 valence electrons. The first kappa shape index (κ1) is 27.1. The van der Waals surface area contributed by atoms with E-state index in [0.717, 1.165) is 10.6 Å². The monoisotopic (exact) mass is 568 g/mol. The lowest BCUT2D eigenvalue weighted by molar-refractivity contribution is -0.124. The molecular formula is C30H30Cl2N2O3S. The molecule has 5 nitrogen and oxygen atoms in total. The van der Waals surface area contributed by atoms with E-state index >= 15 is 0 Å². The molecule has 0 aromatic heterocycles. The lowest BCUT2D eigenvalue weighted by Crippen LogP contribution is -2.52. The summed E-state index contributed by atoms with van der Waals surface area (Å²) >= 11 is 14.6. The maximum atomic E-state index is 14.0. The molecule has 1 aliphatic heterocycles. The zero-order chi connectivity index (χ0) is 26.6. The number of nitrogens with zero attached hydrogens (tertiary/aromatic N) is 1. The van der Waals surface area contributed by atoms with E-state index in [9.17, 15) is 14.7 Å². The quantitative estimate of drug-likeness (QED) is 0.252. The van der Waals surface area contributed by atoms with Gasteiger partial charge in [-0.15, -0.1) is 11.8 Å². The number of hydrogen-bond donors (Lipinski definition) is 2. The van der Waals surface area contributed by atoms with Crippen LogP contribution in [0.1, 0.15) is 59.1 Å². The first-order chi connectivity index (χ1) is 18.4. The molecule has 1 heterocycles. The van der Waals surface area contributed by atoms with Crippen molar-refractivity contribution < 1.29 is 14.7 Å². The summed E-state index contributed by atoms with van der Waals surface area (Å²) in [7, 11) is 0. The van der Waals surface area contributed by atoms with Gasteiger partial charge in [0.05, 0.1) is 18.1 Å². The molecule has 0 bridgehead atoms. The molecule has 38 heavy (non-hydrogen) atoms. The third-order valence-corrected chi connectivity index (χ3v) is 8.99. The van der Waals surface area contributed by atoms with Crippen LogP contribution in [0.2, 0.25) is 10.0 Å². The maximum Gasteiger partial charge on any atom is 0.254 e. The highest BCUT2D eigenvalue weighted by Gasteiger charge is 2.47. The van der Waals surface area contributed by atoms with E-state index in [2.05, 4.69) is 5.32 Å². The Morgan fingerprint density at radius 1 is 0.947 bits per heavy atom. The number of rotatable bonds is 7. The van der Waals surface area contributed by atoms with Crippen molar-refractivity contribution in [1.29, 1.82) is 0 Å². The molecule has 2 aliphatic rings. The average Bonchev–Trinajstić information content (AvgIpc) is 2.92. The molecular weight excluding hydrogens is 539 g/mol. The summed E-state index contributed by atoms with van der Waals surface area (Å²) in [5.41, 5.74) is 1.94. The van der Waals surface area contributed by atoms with Crippen LogP contribution in [0.15, 0.2) is 77.7 Å². The fraction of sp³-hybridized carbons (Fsp3) is 0.333.